The maximum Gasteiger partial charge on any atom is 0.325 e. The van der Waals surface area contributed by atoms with E-state index >= 15 is 0 Å². The molecule has 0 saturated heterocycles. The van der Waals surface area contributed by atoms with Gasteiger partial charge in [0.1, 0.15) is 6.04 Å². The summed E-state index contributed by atoms with van der Waals surface area (Å²) in [7, 11) is 0. The maximum absolute atomic E-state index is 12.6. The van der Waals surface area contributed by atoms with Crippen molar-refractivity contribution < 1.29 is 19.2 Å². The fourth-order valence-corrected chi connectivity index (χ4v) is 3.57. The Balaban J connectivity index is 2.15. The van der Waals surface area contributed by atoms with E-state index < -0.39 is 17.9 Å². The van der Waals surface area contributed by atoms with Crippen molar-refractivity contribution in [3.63, 3.8) is 0 Å². The third-order valence-electron chi connectivity index (χ3n) is 3.90. The molecule has 0 radical (unpaired) electrons. The number of rotatable bonds is 4. The molecule has 3 rings (SSSR count). The monoisotopic (exact) mass is 359 g/mol. The first-order valence-corrected chi connectivity index (χ1v) is 8.47. The number of aryl methyl sites for hydroxylation is 3. The number of nitrogens with zero attached hydrogens (tertiary/aromatic N) is 2. The number of pyridine rings is 1. The number of aromatic nitrogens is 2. The van der Waals surface area contributed by atoms with Gasteiger partial charge in [0.15, 0.2) is 0 Å². The standard InChI is InChI=1S/C17H17N3O4S/c1-7-5-11(10(4)25-7)13-6-12(15(21)18-9(3)17(22)23)14-8(2)20-24-16(14)19-13/h5-6,9H,1-4H3,(H,18,21)(H,22,23)/t9-/m1/s1. The Labute approximate surface area is 147 Å². The van der Waals surface area contributed by atoms with Crippen LogP contribution in [-0.2, 0) is 4.79 Å². The molecule has 0 unspecified atom stereocenters. The van der Waals surface area contributed by atoms with Crippen LogP contribution in [0.25, 0.3) is 22.4 Å². The van der Waals surface area contributed by atoms with E-state index in [1.165, 1.54) is 6.92 Å². The van der Waals surface area contributed by atoms with Crippen LogP contribution < -0.4 is 5.32 Å². The first-order chi connectivity index (χ1) is 11.8. The minimum absolute atomic E-state index is 0.256. The molecule has 0 fully saturated rings. The molecule has 130 valence electrons. The number of carbonyl (C=O) groups excluding carboxylic acids is 1. The van der Waals surface area contributed by atoms with Gasteiger partial charge in [-0.05, 0) is 39.8 Å². The third-order valence-corrected chi connectivity index (χ3v) is 4.86. The molecule has 3 aromatic rings. The summed E-state index contributed by atoms with van der Waals surface area (Å²) in [5, 5.41) is 15.9. The van der Waals surface area contributed by atoms with Gasteiger partial charge in [0, 0.05) is 15.3 Å². The van der Waals surface area contributed by atoms with Crippen molar-refractivity contribution in [3.8, 4) is 11.3 Å². The predicted molar refractivity (Wildman–Crippen MR) is 93.9 cm³/mol. The highest BCUT2D eigenvalue weighted by Crippen LogP contribution is 2.32. The molecular formula is C17H17N3O4S. The molecule has 0 spiro atoms. The van der Waals surface area contributed by atoms with Crippen LogP contribution in [0.3, 0.4) is 0 Å². The van der Waals surface area contributed by atoms with Gasteiger partial charge < -0.3 is 14.9 Å². The Morgan fingerprint density at radius 2 is 2.00 bits per heavy atom. The van der Waals surface area contributed by atoms with E-state index in [1.54, 1.807) is 24.3 Å². The van der Waals surface area contributed by atoms with Crippen molar-refractivity contribution in [1.82, 2.24) is 15.5 Å². The lowest BCUT2D eigenvalue weighted by Crippen LogP contribution is -2.38. The topological polar surface area (TPSA) is 105 Å². The van der Waals surface area contributed by atoms with E-state index in [4.69, 9.17) is 9.63 Å². The number of nitrogens with one attached hydrogen (secondary N) is 1. The van der Waals surface area contributed by atoms with Crippen molar-refractivity contribution in [2.24, 2.45) is 0 Å². The molecule has 7 nitrogen and oxygen atoms in total. The van der Waals surface area contributed by atoms with Crippen molar-refractivity contribution in [2.45, 2.75) is 33.7 Å². The number of hydrogen-bond donors (Lipinski definition) is 2. The predicted octanol–water partition coefficient (Wildman–Crippen LogP) is 3.08. The van der Waals surface area contributed by atoms with E-state index in [-0.39, 0.29) is 5.71 Å². The molecule has 0 aliphatic heterocycles. The second-order valence-corrected chi connectivity index (χ2v) is 7.32. The van der Waals surface area contributed by atoms with Gasteiger partial charge in [-0.3, -0.25) is 9.59 Å². The number of thiophene rings is 1. The van der Waals surface area contributed by atoms with Crippen molar-refractivity contribution in [1.29, 1.82) is 0 Å². The zero-order valence-corrected chi connectivity index (χ0v) is 15.0. The van der Waals surface area contributed by atoms with E-state index in [2.05, 4.69) is 15.5 Å². The molecule has 1 amide bonds. The summed E-state index contributed by atoms with van der Waals surface area (Å²) in [6, 6.07) is 2.65. The molecule has 0 saturated carbocycles. The lowest BCUT2D eigenvalue weighted by Gasteiger charge is -2.11. The molecule has 25 heavy (non-hydrogen) atoms. The first-order valence-electron chi connectivity index (χ1n) is 7.66. The van der Waals surface area contributed by atoms with Gasteiger partial charge in [-0.15, -0.1) is 11.3 Å². The Bertz CT molecular complexity index is 989. The quantitative estimate of drug-likeness (QED) is 0.741. The van der Waals surface area contributed by atoms with Gasteiger partial charge in [0.25, 0.3) is 11.6 Å². The van der Waals surface area contributed by atoms with Gasteiger partial charge >= 0.3 is 5.97 Å². The third kappa shape index (κ3) is 3.12. The SMILES string of the molecule is Cc1cc(-c2cc(C(=O)N[C@H](C)C(=O)O)c3c(C)noc3n2)c(C)s1. The lowest BCUT2D eigenvalue weighted by molar-refractivity contribution is -0.138. The Morgan fingerprint density at radius 3 is 2.60 bits per heavy atom. The highest BCUT2D eigenvalue weighted by Gasteiger charge is 2.23. The summed E-state index contributed by atoms with van der Waals surface area (Å²) in [4.78, 5) is 30.3. The molecule has 3 aromatic heterocycles. The van der Waals surface area contributed by atoms with Gasteiger partial charge in [-0.25, -0.2) is 4.98 Å². The first kappa shape index (κ1) is 17.1. The van der Waals surface area contributed by atoms with E-state index in [9.17, 15) is 9.59 Å². The Kier molecular flexibility index (Phi) is 4.30. The number of amides is 1. The zero-order valence-electron chi connectivity index (χ0n) is 14.2. The van der Waals surface area contributed by atoms with Gasteiger partial charge in [-0.2, -0.15) is 0 Å². The van der Waals surface area contributed by atoms with Crippen molar-refractivity contribution in [3.05, 3.63) is 33.1 Å². The average Bonchev–Trinajstić information content (AvgIpc) is 3.08. The van der Waals surface area contributed by atoms with Crippen LogP contribution >= 0.6 is 11.3 Å². The number of carboxylic acid groups (broad SMARTS) is 1. The Morgan fingerprint density at radius 1 is 1.28 bits per heavy atom. The fraction of sp³-hybridized carbons (Fsp3) is 0.294. The van der Waals surface area contributed by atoms with E-state index in [0.29, 0.717) is 22.3 Å². The lowest BCUT2D eigenvalue weighted by atomic mass is 10.1. The highest BCUT2D eigenvalue weighted by atomic mass is 32.1. The molecule has 8 heteroatoms. The van der Waals surface area contributed by atoms with Crippen LogP contribution in [-0.4, -0.2) is 33.2 Å². The molecule has 3 heterocycles. The fourth-order valence-electron chi connectivity index (χ4n) is 2.63. The molecule has 1 atom stereocenters. The van der Waals surface area contributed by atoms with Gasteiger partial charge in [0.2, 0.25) is 0 Å². The summed E-state index contributed by atoms with van der Waals surface area (Å²) < 4.78 is 5.25. The van der Waals surface area contributed by atoms with Gasteiger partial charge in [0.05, 0.1) is 22.3 Å². The summed E-state index contributed by atoms with van der Waals surface area (Å²) in [6.45, 7) is 7.11. The summed E-state index contributed by atoms with van der Waals surface area (Å²) >= 11 is 1.64. The van der Waals surface area contributed by atoms with E-state index in [1.807, 2.05) is 19.9 Å². The molecule has 2 N–H and O–H groups in total. The second kappa shape index (κ2) is 6.29. The summed E-state index contributed by atoms with van der Waals surface area (Å²) in [5.41, 5.74) is 2.60. The van der Waals surface area contributed by atoms with Crippen LogP contribution in [0.2, 0.25) is 0 Å². The van der Waals surface area contributed by atoms with Gasteiger partial charge in [-0.1, -0.05) is 5.16 Å². The van der Waals surface area contributed by atoms with Crippen LogP contribution in [0.1, 0.15) is 32.7 Å². The summed E-state index contributed by atoms with van der Waals surface area (Å²) in [6.07, 6.45) is 0. The second-order valence-electron chi connectivity index (χ2n) is 5.86. The number of fused-ring (bicyclic) bond motifs is 1. The Hall–Kier alpha value is -2.74. The minimum atomic E-state index is -1.11. The largest absolute Gasteiger partial charge is 0.480 e. The average molecular weight is 359 g/mol. The van der Waals surface area contributed by atoms with Crippen molar-refractivity contribution >= 4 is 34.3 Å². The van der Waals surface area contributed by atoms with Crippen LogP contribution in [0.4, 0.5) is 0 Å². The van der Waals surface area contributed by atoms with Crippen molar-refractivity contribution in [2.75, 3.05) is 0 Å². The normalized spacial score (nSPS) is 12.3. The maximum atomic E-state index is 12.6. The van der Waals surface area contributed by atoms with Crippen LogP contribution in [0, 0.1) is 20.8 Å². The summed E-state index contributed by atoms with van der Waals surface area (Å²) in [5.74, 6) is -1.61. The number of carboxylic acids is 1. The van der Waals surface area contributed by atoms with Crippen LogP contribution in [0.5, 0.6) is 0 Å². The zero-order chi connectivity index (χ0) is 18.3. The number of aliphatic carboxylic acids is 1. The van der Waals surface area contributed by atoms with E-state index in [0.717, 1.165) is 15.3 Å². The molecular weight excluding hydrogens is 342 g/mol. The smallest absolute Gasteiger partial charge is 0.325 e. The molecule has 0 aromatic carbocycles. The highest BCUT2D eigenvalue weighted by molar-refractivity contribution is 7.12. The molecule has 0 aliphatic rings. The molecule has 0 aliphatic carbocycles. The molecule has 0 bridgehead atoms. The number of hydrogen-bond acceptors (Lipinski definition) is 6. The number of carbonyl (C=O) groups is 2. The minimum Gasteiger partial charge on any atom is -0.480 e. The van der Waals surface area contributed by atoms with Crippen LogP contribution in [0.15, 0.2) is 16.7 Å².